The van der Waals surface area contributed by atoms with Gasteiger partial charge in [0.1, 0.15) is 0 Å². The van der Waals surface area contributed by atoms with Crippen molar-refractivity contribution in [2.75, 3.05) is 0 Å². The van der Waals surface area contributed by atoms with Crippen LogP contribution in [0.1, 0.15) is 223 Å². The molecule has 2 aromatic carbocycles. The number of benzene rings is 2. The fourth-order valence-corrected chi connectivity index (χ4v) is 8.07. The third-order valence-corrected chi connectivity index (χ3v) is 11.1. The van der Waals surface area contributed by atoms with E-state index in [1.165, 1.54) is 179 Å². The quantitative estimate of drug-likeness (QED) is 0.0598. The van der Waals surface area contributed by atoms with Gasteiger partial charge >= 0.3 is 0 Å². The van der Waals surface area contributed by atoms with Crippen molar-refractivity contribution in [3.8, 4) is 0 Å². The Balaban J connectivity index is 2.18. The van der Waals surface area contributed by atoms with Gasteiger partial charge in [0.25, 0.3) is 0 Å². The van der Waals surface area contributed by atoms with E-state index in [2.05, 4.69) is 77.9 Å². The van der Waals surface area contributed by atoms with Crippen molar-refractivity contribution in [1.29, 1.82) is 0 Å². The summed E-state index contributed by atoms with van der Waals surface area (Å²) < 4.78 is 1.69. The van der Waals surface area contributed by atoms with Crippen LogP contribution in [-0.4, -0.2) is 4.70 Å². The molecule has 0 bridgehead atoms. The normalized spacial score (nSPS) is 13.3. The maximum absolute atomic E-state index is 12.7. The molecule has 0 spiro atoms. The second-order valence-electron chi connectivity index (χ2n) is 15.8. The van der Waals surface area contributed by atoms with E-state index < -0.39 is 0 Å². The molecule has 1 aliphatic rings. The van der Waals surface area contributed by atoms with Gasteiger partial charge in [0.2, 0.25) is 11.4 Å². The lowest BCUT2D eigenvalue weighted by molar-refractivity contribution is -0.345. The molecule has 0 saturated heterocycles. The molecule has 0 unspecified atom stereocenters. The van der Waals surface area contributed by atoms with Crippen LogP contribution in [0.3, 0.4) is 0 Å². The molecule has 3 rings (SSSR count). The first-order valence-electron chi connectivity index (χ1n) is 22.2. The zero-order valence-electron chi connectivity index (χ0n) is 34.5. The Morgan fingerprint density at radius 1 is 0.333 bits per heavy atom. The Hall–Kier alpha value is -2.48. The highest BCUT2D eigenvalue weighted by Crippen LogP contribution is 2.45. The minimum absolute atomic E-state index is 1.04. The topological polar surface area (TPSA) is 25.3 Å². The van der Waals surface area contributed by atoms with Gasteiger partial charge in [-0.25, -0.2) is 4.70 Å². The third kappa shape index (κ3) is 14.5. The summed E-state index contributed by atoms with van der Waals surface area (Å²) in [4.78, 5) is 0. The summed E-state index contributed by atoms with van der Waals surface area (Å²) in [5.74, 6) is 0. The standard InChI is InChI=1S/C49H78N2/c1-7-13-19-22-23-27-33-47-46(32-24-16-10-4)48(44-36-40(28-17-11-5)34-41(37-44)29-18-12-6)51(50)49(47)45-38-42(30-25-20-14-8-2)35-43(39-45)31-26-21-15-9-3/h34-39H,7-33H2,1-6H3. The van der Waals surface area contributed by atoms with Crippen molar-refractivity contribution >= 4 is 11.4 Å². The Kier molecular flexibility index (Phi) is 21.5. The average Bonchev–Trinajstić information content (AvgIpc) is 3.41. The first-order valence-corrected chi connectivity index (χ1v) is 22.2. The van der Waals surface area contributed by atoms with Crippen molar-refractivity contribution < 1.29 is 4.70 Å². The molecule has 1 heterocycles. The van der Waals surface area contributed by atoms with Crippen LogP contribution >= 0.6 is 0 Å². The molecule has 0 saturated carbocycles. The molecule has 0 amide bonds. The third-order valence-electron chi connectivity index (χ3n) is 11.1. The molecule has 2 nitrogen and oxygen atoms in total. The van der Waals surface area contributed by atoms with E-state index in [1.54, 1.807) is 4.70 Å². The van der Waals surface area contributed by atoms with Crippen LogP contribution in [-0.2, 0) is 25.7 Å². The summed E-state index contributed by atoms with van der Waals surface area (Å²) in [6.07, 6.45) is 33.0. The largest absolute Gasteiger partial charge is 0.493 e. The second kappa shape index (κ2) is 25.5. The van der Waals surface area contributed by atoms with Gasteiger partial charge < -0.3 is 5.53 Å². The molecule has 0 aliphatic carbocycles. The fraction of sp³-hybridized carbons (Fsp3) is 0.673. The highest BCUT2D eigenvalue weighted by atomic mass is 15.2. The van der Waals surface area contributed by atoms with Crippen LogP contribution in [0, 0.1) is 0 Å². The lowest BCUT2D eigenvalue weighted by Gasteiger charge is -2.15. The Morgan fingerprint density at radius 2 is 0.608 bits per heavy atom. The van der Waals surface area contributed by atoms with Crippen molar-refractivity contribution in [3.05, 3.63) is 86.5 Å². The van der Waals surface area contributed by atoms with E-state index >= 15 is 0 Å². The van der Waals surface area contributed by atoms with Crippen molar-refractivity contribution in [2.45, 2.75) is 215 Å². The van der Waals surface area contributed by atoms with Gasteiger partial charge in [0, 0.05) is 22.3 Å². The Bertz CT molecular complexity index is 1300. The summed E-state index contributed by atoms with van der Waals surface area (Å²) >= 11 is 0. The number of aryl methyl sites for hydroxylation is 4. The number of unbranched alkanes of at least 4 members (excludes halogenated alkanes) is 15. The SMILES string of the molecule is CCCCCCCCC1=C(c2cc(CCCCCC)cc(CCCCCC)c2)[N+](=[N-])C(c2cc(CCCC)cc(CCCC)c2)=C1CCCCC. The highest BCUT2D eigenvalue weighted by Gasteiger charge is 2.35. The molecule has 284 valence electrons. The fourth-order valence-electron chi connectivity index (χ4n) is 8.07. The summed E-state index contributed by atoms with van der Waals surface area (Å²) in [6, 6.07) is 14.7. The van der Waals surface area contributed by atoms with Gasteiger partial charge in [-0.15, -0.1) is 0 Å². The van der Waals surface area contributed by atoms with Gasteiger partial charge in [-0.1, -0.05) is 150 Å². The van der Waals surface area contributed by atoms with Gasteiger partial charge in [-0.2, -0.15) is 0 Å². The second-order valence-corrected chi connectivity index (χ2v) is 15.8. The van der Waals surface area contributed by atoms with Crippen molar-refractivity contribution in [3.63, 3.8) is 0 Å². The first-order chi connectivity index (χ1) is 25.0. The van der Waals surface area contributed by atoms with Crippen LogP contribution in [0.25, 0.3) is 16.9 Å². The lowest BCUT2D eigenvalue weighted by Crippen LogP contribution is -2.05. The van der Waals surface area contributed by atoms with Crippen LogP contribution < -0.4 is 0 Å². The molecular weight excluding hydrogens is 617 g/mol. The van der Waals surface area contributed by atoms with Crippen LogP contribution in [0.5, 0.6) is 0 Å². The monoisotopic (exact) mass is 695 g/mol. The minimum Gasteiger partial charge on any atom is -0.493 e. The predicted molar refractivity (Wildman–Crippen MR) is 225 cm³/mol. The van der Waals surface area contributed by atoms with Crippen LogP contribution in [0.15, 0.2) is 47.5 Å². The Morgan fingerprint density at radius 3 is 1.00 bits per heavy atom. The zero-order chi connectivity index (χ0) is 36.7. The van der Waals surface area contributed by atoms with E-state index in [9.17, 15) is 5.53 Å². The lowest BCUT2D eigenvalue weighted by atomic mass is 9.89. The number of nitrogens with zero attached hydrogens (tertiary/aromatic N) is 2. The van der Waals surface area contributed by atoms with Gasteiger partial charge in [0.05, 0.1) is 0 Å². The maximum Gasteiger partial charge on any atom is 0.211 e. The predicted octanol–water partition coefficient (Wildman–Crippen LogP) is 16.1. The van der Waals surface area contributed by atoms with E-state index in [0.29, 0.717) is 0 Å². The molecule has 2 aromatic rings. The van der Waals surface area contributed by atoms with Crippen molar-refractivity contribution in [1.82, 2.24) is 0 Å². The number of hydrogen-bond acceptors (Lipinski definition) is 0. The van der Waals surface area contributed by atoms with E-state index in [4.69, 9.17) is 0 Å². The first kappa shape index (κ1) is 42.9. The van der Waals surface area contributed by atoms with Crippen LogP contribution in [0.2, 0.25) is 0 Å². The molecule has 0 radical (unpaired) electrons. The summed E-state index contributed by atoms with van der Waals surface area (Å²) in [6.45, 7) is 13.8. The number of allylic oxidation sites excluding steroid dienone is 2. The molecule has 0 fully saturated rings. The summed E-state index contributed by atoms with van der Waals surface area (Å²) in [5.41, 5.74) is 25.9. The molecule has 0 N–H and O–H groups in total. The average molecular weight is 695 g/mol. The molecule has 0 atom stereocenters. The van der Waals surface area contributed by atoms with E-state index in [1.807, 2.05) is 0 Å². The molecule has 1 aliphatic heterocycles. The van der Waals surface area contributed by atoms with E-state index in [-0.39, 0.29) is 0 Å². The zero-order valence-corrected chi connectivity index (χ0v) is 34.5. The van der Waals surface area contributed by atoms with Crippen molar-refractivity contribution in [2.24, 2.45) is 0 Å². The van der Waals surface area contributed by atoms with Gasteiger partial charge in [-0.05, 0) is 124 Å². The van der Waals surface area contributed by atoms with Gasteiger partial charge in [-0.3, -0.25) is 0 Å². The number of hydrogen-bond donors (Lipinski definition) is 0. The minimum atomic E-state index is 1.04. The molecular formula is C49H78N2. The highest BCUT2D eigenvalue weighted by molar-refractivity contribution is 5.82. The Labute approximate surface area is 316 Å². The molecule has 2 heteroatoms. The number of rotatable bonds is 29. The summed E-state index contributed by atoms with van der Waals surface area (Å²) in [7, 11) is 0. The smallest absolute Gasteiger partial charge is 0.211 e. The van der Waals surface area contributed by atoms with Gasteiger partial charge in [0.15, 0.2) is 0 Å². The molecule has 51 heavy (non-hydrogen) atoms. The van der Waals surface area contributed by atoms with Crippen LogP contribution in [0.4, 0.5) is 0 Å². The summed E-state index contributed by atoms with van der Waals surface area (Å²) in [5, 5.41) is 0. The molecule has 0 aromatic heterocycles. The maximum atomic E-state index is 12.7. The van der Waals surface area contributed by atoms with E-state index in [0.717, 1.165) is 49.9 Å².